The third kappa shape index (κ3) is 4.93. The fourth-order valence-corrected chi connectivity index (χ4v) is 3.05. The molecule has 0 aromatic rings. The summed E-state index contributed by atoms with van der Waals surface area (Å²) in [4.78, 5) is 3.83. The molecule has 0 bridgehead atoms. The lowest BCUT2D eigenvalue weighted by atomic mass is 10.0. The Morgan fingerprint density at radius 2 is 1.89 bits per heavy atom. The summed E-state index contributed by atoms with van der Waals surface area (Å²) in [7, 11) is 1.58. The Morgan fingerprint density at radius 1 is 1.21 bits per heavy atom. The van der Waals surface area contributed by atoms with E-state index >= 15 is 0 Å². The highest BCUT2D eigenvalue weighted by Crippen LogP contribution is 2.23. The first kappa shape index (κ1) is 15.1. The van der Waals surface area contributed by atoms with E-state index in [1.54, 1.807) is 7.05 Å². The van der Waals surface area contributed by atoms with E-state index in [0.29, 0.717) is 5.92 Å². The average Bonchev–Trinajstić information content (AvgIpc) is 2.80. The van der Waals surface area contributed by atoms with Crippen molar-refractivity contribution in [2.45, 2.75) is 31.5 Å². The Kier molecular flexibility index (Phi) is 5.09. The van der Waals surface area contributed by atoms with Gasteiger partial charge in [0.1, 0.15) is 0 Å². The minimum atomic E-state index is -4.09. The summed E-state index contributed by atoms with van der Waals surface area (Å²) in [6.45, 7) is 3.75. The molecule has 2 fully saturated rings. The van der Waals surface area contributed by atoms with Crippen molar-refractivity contribution in [1.29, 1.82) is 0 Å². The highest BCUT2D eigenvalue weighted by atomic mass is 19.4. The molecule has 0 spiro atoms. The lowest BCUT2D eigenvalue weighted by Gasteiger charge is -2.37. The minimum Gasteiger partial charge on any atom is -0.381 e. The van der Waals surface area contributed by atoms with Crippen LogP contribution in [0.2, 0.25) is 0 Å². The second-order valence-electron chi connectivity index (χ2n) is 5.79. The molecule has 0 amide bonds. The summed E-state index contributed by atoms with van der Waals surface area (Å²) in [6, 6.07) is 0.0673. The van der Waals surface area contributed by atoms with Crippen molar-refractivity contribution in [2.75, 3.05) is 46.4 Å². The van der Waals surface area contributed by atoms with Crippen LogP contribution >= 0.6 is 0 Å². The molecule has 0 unspecified atom stereocenters. The number of hydrogen-bond donors (Lipinski definition) is 0. The first-order valence-corrected chi connectivity index (χ1v) is 7.01. The van der Waals surface area contributed by atoms with Crippen molar-refractivity contribution in [1.82, 2.24) is 9.80 Å². The Labute approximate surface area is 112 Å². The number of piperidine rings is 1. The van der Waals surface area contributed by atoms with E-state index in [2.05, 4.69) is 4.90 Å². The molecule has 3 nitrogen and oxygen atoms in total. The van der Waals surface area contributed by atoms with Gasteiger partial charge in [-0.25, -0.2) is 0 Å². The molecule has 2 saturated heterocycles. The molecule has 2 rings (SSSR count). The molecule has 2 aliphatic rings. The van der Waals surface area contributed by atoms with Crippen LogP contribution < -0.4 is 0 Å². The van der Waals surface area contributed by atoms with Gasteiger partial charge in [-0.2, -0.15) is 13.2 Å². The smallest absolute Gasteiger partial charge is 0.381 e. The monoisotopic (exact) mass is 280 g/mol. The highest BCUT2D eigenvalue weighted by molar-refractivity contribution is 4.81. The van der Waals surface area contributed by atoms with Crippen molar-refractivity contribution < 1.29 is 17.9 Å². The van der Waals surface area contributed by atoms with Crippen molar-refractivity contribution >= 4 is 0 Å². The van der Waals surface area contributed by atoms with E-state index in [9.17, 15) is 13.2 Å². The van der Waals surface area contributed by atoms with Crippen LogP contribution in [0.15, 0.2) is 0 Å². The van der Waals surface area contributed by atoms with Gasteiger partial charge in [0.05, 0.1) is 13.2 Å². The van der Waals surface area contributed by atoms with Gasteiger partial charge in [0.15, 0.2) is 0 Å². The maximum atomic E-state index is 12.3. The molecule has 2 aliphatic heterocycles. The van der Waals surface area contributed by atoms with E-state index in [0.717, 1.165) is 52.1 Å². The fourth-order valence-electron chi connectivity index (χ4n) is 3.05. The van der Waals surface area contributed by atoms with Crippen LogP contribution in [0.3, 0.4) is 0 Å². The van der Waals surface area contributed by atoms with Crippen LogP contribution in [-0.2, 0) is 4.74 Å². The van der Waals surface area contributed by atoms with Crippen LogP contribution in [-0.4, -0.2) is 68.5 Å². The largest absolute Gasteiger partial charge is 0.401 e. The van der Waals surface area contributed by atoms with Crippen LogP contribution in [0.5, 0.6) is 0 Å². The molecule has 0 aromatic carbocycles. The quantitative estimate of drug-likeness (QED) is 0.783. The maximum Gasteiger partial charge on any atom is 0.401 e. The summed E-state index contributed by atoms with van der Waals surface area (Å²) >= 11 is 0. The molecule has 0 N–H and O–H groups in total. The lowest BCUT2D eigenvalue weighted by molar-refractivity contribution is -0.149. The molecule has 0 radical (unpaired) electrons. The Hall–Kier alpha value is -0.330. The van der Waals surface area contributed by atoms with Crippen LogP contribution in [0, 0.1) is 5.92 Å². The van der Waals surface area contributed by atoms with Crippen molar-refractivity contribution in [3.63, 3.8) is 0 Å². The molecule has 0 saturated carbocycles. The van der Waals surface area contributed by atoms with Gasteiger partial charge in [-0.15, -0.1) is 0 Å². The van der Waals surface area contributed by atoms with E-state index in [1.165, 1.54) is 4.90 Å². The van der Waals surface area contributed by atoms with Crippen LogP contribution in [0.1, 0.15) is 19.3 Å². The average molecular weight is 280 g/mol. The summed E-state index contributed by atoms with van der Waals surface area (Å²) in [6.07, 6.45) is -1.30. The minimum absolute atomic E-state index is 0.0673. The number of nitrogens with zero attached hydrogens (tertiary/aromatic N) is 2. The topological polar surface area (TPSA) is 15.7 Å². The number of alkyl halides is 3. The number of ether oxygens (including phenoxy) is 1. The molecular weight excluding hydrogens is 257 g/mol. The van der Waals surface area contributed by atoms with Crippen molar-refractivity contribution in [3.8, 4) is 0 Å². The molecule has 112 valence electrons. The van der Waals surface area contributed by atoms with Crippen LogP contribution in [0.4, 0.5) is 13.2 Å². The maximum absolute atomic E-state index is 12.3. The second-order valence-corrected chi connectivity index (χ2v) is 5.79. The zero-order valence-electron chi connectivity index (χ0n) is 11.5. The van der Waals surface area contributed by atoms with Gasteiger partial charge in [-0.3, -0.25) is 4.90 Å². The third-order valence-electron chi connectivity index (χ3n) is 4.15. The van der Waals surface area contributed by atoms with Gasteiger partial charge >= 0.3 is 6.18 Å². The molecule has 1 atom stereocenters. The molecule has 19 heavy (non-hydrogen) atoms. The zero-order valence-corrected chi connectivity index (χ0v) is 11.5. The SMILES string of the molecule is CN(CC(F)(F)F)C1CCN(C[C@@H]2CCOC2)CC1. The van der Waals surface area contributed by atoms with Gasteiger partial charge in [-0.05, 0) is 45.3 Å². The van der Waals surface area contributed by atoms with Gasteiger partial charge in [0.25, 0.3) is 0 Å². The summed E-state index contributed by atoms with van der Waals surface area (Å²) < 4.78 is 42.4. The van der Waals surface area contributed by atoms with Gasteiger partial charge in [-0.1, -0.05) is 0 Å². The van der Waals surface area contributed by atoms with Gasteiger partial charge in [0, 0.05) is 19.2 Å². The summed E-state index contributed by atoms with van der Waals surface area (Å²) in [5.41, 5.74) is 0. The number of likely N-dealkylation sites (tertiary alicyclic amines) is 1. The molecule has 2 heterocycles. The van der Waals surface area contributed by atoms with Gasteiger partial charge < -0.3 is 9.64 Å². The predicted octanol–water partition coefficient (Wildman–Crippen LogP) is 1.98. The number of halogens is 3. The number of rotatable bonds is 4. The van der Waals surface area contributed by atoms with E-state index in [-0.39, 0.29) is 6.04 Å². The lowest BCUT2D eigenvalue weighted by Crippen LogP contribution is -2.47. The molecular formula is C13H23F3N2O. The van der Waals surface area contributed by atoms with E-state index in [1.807, 2.05) is 0 Å². The zero-order chi connectivity index (χ0) is 13.9. The van der Waals surface area contributed by atoms with Gasteiger partial charge in [0.2, 0.25) is 0 Å². The molecule has 0 aromatic heterocycles. The predicted molar refractivity (Wildman–Crippen MR) is 67.1 cm³/mol. The molecule has 0 aliphatic carbocycles. The van der Waals surface area contributed by atoms with E-state index < -0.39 is 12.7 Å². The van der Waals surface area contributed by atoms with Crippen molar-refractivity contribution in [2.24, 2.45) is 5.92 Å². The fraction of sp³-hybridized carbons (Fsp3) is 1.00. The van der Waals surface area contributed by atoms with Crippen LogP contribution in [0.25, 0.3) is 0 Å². The molecule has 6 heteroatoms. The Balaban J connectivity index is 1.69. The third-order valence-corrected chi connectivity index (χ3v) is 4.15. The highest BCUT2D eigenvalue weighted by Gasteiger charge is 2.33. The van der Waals surface area contributed by atoms with Crippen molar-refractivity contribution in [3.05, 3.63) is 0 Å². The summed E-state index contributed by atoms with van der Waals surface area (Å²) in [5, 5.41) is 0. The van der Waals surface area contributed by atoms with E-state index in [4.69, 9.17) is 4.74 Å². The number of hydrogen-bond acceptors (Lipinski definition) is 3. The standard InChI is InChI=1S/C13H23F3N2O/c1-17(10-13(14,15)16)12-2-5-18(6-3-12)8-11-4-7-19-9-11/h11-12H,2-10H2,1H3/t11-/m0/s1. The normalized spacial score (nSPS) is 27.3. The Morgan fingerprint density at radius 3 is 2.42 bits per heavy atom. The first-order valence-electron chi connectivity index (χ1n) is 7.01. The summed E-state index contributed by atoms with van der Waals surface area (Å²) in [5.74, 6) is 0.615. The first-order chi connectivity index (χ1) is 8.94. The Bertz CT molecular complexity index is 272. The second kappa shape index (κ2) is 6.41.